The van der Waals surface area contributed by atoms with E-state index in [1.54, 1.807) is 40.2 Å². The van der Waals surface area contributed by atoms with Crippen molar-refractivity contribution in [1.82, 2.24) is 5.32 Å². The van der Waals surface area contributed by atoms with Gasteiger partial charge in [-0.3, -0.25) is 14.9 Å². The van der Waals surface area contributed by atoms with Crippen LogP contribution in [0.1, 0.15) is 160 Å². The summed E-state index contributed by atoms with van der Waals surface area (Å²) in [5, 5.41) is 34.3. The van der Waals surface area contributed by atoms with Gasteiger partial charge in [0.1, 0.15) is 30.5 Å². The van der Waals surface area contributed by atoms with Crippen LogP contribution in [0, 0.1) is 47.9 Å². The van der Waals surface area contributed by atoms with Crippen molar-refractivity contribution >= 4 is 24.8 Å². The average Bonchev–Trinajstić information content (AvgIpc) is 4.08. The van der Waals surface area contributed by atoms with Crippen LogP contribution in [0.15, 0.2) is 23.8 Å². The molecule has 0 spiro atoms. The number of hydrogen-bond donors (Lipinski definition) is 4. The lowest BCUT2D eigenvalue weighted by atomic mass is 9.87. The van der Waals surface area contributed by atoms with E-state index in [1.165, 1.54) is 25.7 Å². The number of terminal acetylenes is 1. The molecule has 0 amide bonds. The van der Waals surface area contributed by atoms with Crippen molar-refractivity contribution in [2.45, 2.75) is 184 Å². The minimum atomic E-state index is -1.14. The van der Waals surface area contributed by atoms with E-state index in [0.717, 1.165) is 18.4 Å². The molecule has 0 aromatic carbocycles. The fourth-order valence-corrected chi connectivity index (χ4v) is 5.83. The summed E-state index contributed by atoms with van der Waals surface area (Å²) < 4.78 is 17.0. The number of methoxy groups -OCH3 is 2. The molecule has 352 valence electrons. The van der Waals surface area contributed by atoms with E-state index in [2.05, 4.69) is 66.6 Å². The Balaban J connectivity index is -0.000000895. The monoisotopic (exact) mass is 854 g/mol. The zero-order valence-electron chi connectivity index (χ0n) is 40.3. The van der Waals surface area contributed by atoms with Gasteiger partial charge in [-0.2, -0.15) is 0 Å². The highest BCUT2D eigenvalue weighted by atomic mass is 16.5. The van der Waals surface area contributed by atoms with Crippen LogP contribution in [0.25, 0.3) is 0 Å². The zero-order chi connectivity index (χ0) is 47.3. The van der Waals surface area contributed by atoms with Gasteiger partial charge in [-0.15, -0.1) is 12.8 Å². The van der Waals surface area contributed by atoms with Gasteiger partial charge < -0.3 is 39.1 Å². The minimum absolute atomic E-state index is 0.0467. The number of aliphatic hydroxyl groups is 3. The molecule has 1 saturated carbocycles. The highest BCUT2D eigenvalue weighted by molar-refractivity contribution is 5.87. The molecule has 1 heterocycles. The predicted molar refractivity (Wildman–Crippen MR) is 246 cm³/mol. The van der Waals surface area contributed by atoms with Crippen LogP contribution >= 0.6 is 0 Å². The second-order valence-electron chi connectivity index (χ2n) is 18.1. The first kappa shape index (κ1) is 63.9. The maximum Gasteiger partial charge on any atom is 0.316 e. The average molecular weight is 854 g/mol. The van der Waals surface area contributed by atoms with Crippen LogP contribution in [0.5, 0.6) is 0 Å². The lowest BCUT2D eigenvalue weighted by Gasteiger charge is -2.34. The van der Waals surface area contributed by atoms with E-state index in [4.69, 9.17) is 19.0 Å². The quantitative estimate of drug-likeness (QED) is 0.0662. The zero-order valence-corrected chi connectivity index (χ0v) is 40.3. The van der Waals surface area contributed by atoms with E-state index in [0.29, 0.717) is 56.8 Å². The maximum absolute atomic E-state index is 13.3. The van der Waals surface area contributed by atoms with Crippen molar-refractivity contribution in [3.8, 4) is 12.8 Å². The van der Waals surface area contributed by atoms with Crippen LogP contribution in [-0.4, -0.2) is 98.2 Å². The maximum atomic E-state index is 13.3. The smallest absolute Gasteiger partial charge is 0.316 e. The van der Waals surface area contributed by atoms with E-state index < -0.39 is 35.6 Å². The molecule has 7 unspecified atom stereocenters. The van der Waals surface area contributed by atoms with Gasteiger partial charge in [-0.25, -0.2) is 0 Å². The normalized spacial score (nSPS) is 29.9. The van der Waals surface area contributed by atoms with Gasteiger partial charge in [0.25, 0.3) is 0 Å². The molecule has 1 aliphatic carbocycles. The Morgan fingerprint density at radius 2 is 1.45 bits per heavy atom. The van der Waals surface area contributed by atoms with Gasteiger partial charge >= 0.3 is 5.97 Å². The van der Waals surface area contributed by atoms with Crippen molar-refractivity contribution in [2.24, 2.45) is 35.0 Å². The third-order valence-corrected chi connectivity index (χ3v) is 9.47. The first-order valence-corrected chi connectivity index (χ1v) is 22.1. The molecule has 11 nitrogen and oxygen atoms in total. The Morgan fingerprint density at radius 1 is 0.933 bits per heavy atom. The second kappa shape index (κ2) is 39.1. The highest BCUT2D eigenvalue weighted by Crippen LogP contribution is 2.27. The molecular weight excluding hydrogens is 763 g/mol. The van der Waals surface area contributed by atoms with Crippen LogP contribution in [-0.2, 0) is 33.4 Å². The molecule has 9 atom stereocenters. The number of cyclic esters (lactones) is 1. The van der Waals surface area contributed by atoms with E-state index in [-0.39, 0.29) is 49.5 Å². The molecule has 2 rings (SSSR count). The molecule has 11 heteroatoms. The lowest BCUT2D eigenvalue weighted by molar-refractivity contribution is -0.152. The summed E-state index contributed by atoms with van der Waals surface area (Å²) in [6.45, 7) is 24.9. The number of aldehydes is 1. The first-order valence-electron chi connectivity index (χ1n) is 22.1. The topological polar surface area (TPSA) is 169 Å². The first-order chi connectivity index (χ1) is 28.2. The number of ketones is 1. The minimum Gasteiger partial charge on any atom is -0.465 e. The van der Waals surface area contributed by atoms with E-state index in [9.17, 15) is 29.7 Å². The van der Waals surface area contributed by atoms with E-state index >= 15 is 0 Å². The number of carbonyl (C=O) groups excluding carboxylic acids is 4. The van der Waals surface area contributed by atoms with Crippen LogP contribution in [0.2, 0.25) is 0 Å². The van der Waals surface area contributed by atoms with Gasteiger partial charge in [0, 0.05) is 38.4 Å². The van der Waals surface area contributed by atoms with Crippen LogP contribution in [0.4, 0.5) is 0 Å². The molecule has 0 aromatic heterocycles. The molecule has 0 radical (unpaired) electrons. The van der Waals surface area contributed by atoms with Crippen molar-refractivity contribution in [3.63, 3.8) is 0 Å². The van der Waals surface area contributed by atoms with Gasteiger partial charge in [0.2, 0.25) is 0 Å². The third-order valence-electron chi connectivity index (χ3n) is 9.47. The van der Waals surface area contributed by atoms with Crippen LogP contribution < -0.4 is 5.32 Å². The van der Waals surface area contributed by atoms with Crippen molar-refractivity contribution < 1.29 is 48.7 Å². The van der Waals surface area contributed by atoms with Gasteiger partial charge in [0.15, 0.2) is 0 Å². The number of Topliss-reactive ketones (excluding diaryl/α,β-unsaturated/α-hetero) is 1. The molecule has 0 aromatic rings. The van der Waals surface area contributed by atoms with E-state index in [1.807, 2.05) is 26.7 Å². The standard InChI is InChI=1S/C35H61NO9.C5H12.C3H6.C3H8.C2H2.CH2O/c1-24-16-25(2)18-30(43-6)20-31(44-7)19-27(4)35(5,42)36-14-10-8-13-29(22-38)34(41)45-23-26(3)32(39)21-33(40)28(17-24)12-9-11-15-37;1-5(2,3)4;1-2-3-1;1-3-2;2*1-2/h9,11,17,22,25-32,36-37,39,42H,8,10,12-16,18-21,23H2,1-7H3;1-4H3;1-3H2;3H2,1-2H3;1-2H;1H2/b11-9+,24-17+;;;;;/t25?,26?,27?,28-,29-,30?,31?,32?,35?;;;;;/m1...../s1. The largest absolute Gasteiger partial charge is 0.465 e. The molecule has 1 aliphatic heterocycles. The number of esters is 1. The second-order valence-corrected chi connectivity index (χ2v) is 18.1. The number of rotatable bonds is 6. The van der Waals surface area contributed by atoms with Crippen molar-refractivity contribution in [2.75, 3.05) is 34.0 Å². The predicted octanol–water partition coefficient (Wildman–Crippen LogP) is 8.85. The summed E-state index contributed by atoms with van der Waals surface area (Å²) in [5.41, 5.74) is 0.412. The number of aliphatic hydroxyl groups excluding tert-OH is 2. The fourth-order valence-electron chi connectivity index (χ4n) is 5.83. The van der Waals surface area contributed by atoms with Crippen molar-refractivity contribution in [1.29, 1.82) is 0 Å². The Hall–Kier alpha value is -2.72. The summed E-state index contributed by atoms with van der Waals surface area (Å²) in [6, 6.07) is 0. The Morgan fingerprint density at radius 3 is 1.92 bits per heavy atom. The van der Waals surface area contributed by atoms with Crippen molar-refractivity contribution in [3.05, 3.63) is 23.8 Å². The van der Waals surface area contributed by atoms with Gasteiger partial charge in [-0.1, -0.05) is 118 Å². The molecular formula is C49H91NO10. The fraction of sp³-hybridized carbons (Fsp3) is 0.796. The molecule has 60 heavy (non-hydrogen) atoms. The highest BCUT2D eigenvalue weighted by Gasteiger charge is 2.31. The van der Waals surface area contributed by atoms with Crippen LogP contribution in [0.3, 0.4) is 0 Å². The number of ether oxygens (including phenoxy) is 3. The molecule has 1 fully saturated rings. The number of allylic oxidation sites excluding steroid dienone is 3. The molecule has 4 N–H and O–H groups in total. The third kappa shape index (κ3) is 38.2. The lowest BCUT2D eigenvalue weighted by Crippen LogP contribution is -2.49. The summed E-state index contributed by atoms with van der Waals surface area (Å²) in [5.74, 6) is -2.54. The summed E-state index contributed by atoms with van der Waals surface area (Å²) in [6.07, 6.45) is 23.1. The molecule has 0 bridgehead atoms. The summed E-state index contributed by atoms with van der Waals surface area (Å²) >= 11 is 0. The van der Waals surface area contributed by atoms with Gasteiger partial charge in [0.05, 0.1) is 31.5 Å². The van der Waals surface area contributed by atoms with Gasteiger partial charge in [-0.05, 0) is 76.7 Å². The number of carbonyl (C=O) groups is 4. The Kier molecular flexibility index (Phi) is 41.7. The molecule has 2 aliphatic rings. The Labute approximate surface area is 367 Å². The number of hydrogen-bond acceptors (Lipinski definition) is 11. The molecule has 0 saturated heterocycles. The Bertz CT molecular complexity index is 1130. The summed E-state index contributed by atoms with van der Waals surface area (Å²) in [4.78, 5) is 45.5. The SMILES string of the molecule is C#C.C1CC1.C=O.CC(C)(C)C.CCC.COC1CC(C)C/C(C)=C/[C@@H](C/C=C/CO)C(=O)CC(O)C(C)COC(=O)[C@@H](C=O)CCCCNC(C)(O)C(C)CC(OC)C1. The number of nitrogens with one attached hydrogen (secondary N) is 1. The summed E-state index contributed by atoms with van der Waals surface area (Å²) in [7, 11) is 3.38.